The maximum atomic E-state index is 2.43. The molecule has 0 bridgehead atoms. The van der Waals surface area contributed by atoms with Crippen LogP contribution >= 0.6 is 0 Å². The van der Waals surface area contributed by atoms with E-state index in [9.17, 15) is 0 Å². The molecule has 0 unspecified atom stereocenters. The minimum absolute atomic E-state index is 1.14. The van der Waals surface area contributed by atoms with Crippen molar-refractivity contribution in [1.29, 1.82) is 0 Å². The summed E-state index contributed by atoms with van der Waals surface area (Å²) in [6.45, 7) is 5.73. The number of pyridine rings is 1. The Morgan fingerprint density at radius 2 is 1.17 bits per heavy atom. The molecular formula is C22H40N+. The number of aromatic nitrogens is 1. The van der Waals surface area contributed by atoms with Crippen LogP contribution in [-0.4, -0.2) is 0 Å². The van der Waals surface area contributed by atoms with Crippen molar-refractivity contribution in [3.05, 3.63) is 30.1 Å². The van der Waals surface area contributed by atoms with Gasteiger partial charge in [-0.2, -0.15) is 0 Å². The third-order valence-corrected chi connectivity index (χ3v) is 4.90. The van der Waals surface area contributed by atoms with Gasteiger partial charge < -0.3 is 0 Å². The Hall–Kier alpha value is -0.850. The van der Waals surface area contributed by atoms with Gasteiger partial charge in [-0.1, -0.05) is 90.5 Å². The first-order valence-corrected chi connectivity index (χ1v) is 10.4. The molecule has 0 N–H and O–H groups in total. The normalized spacial score (nSPS) is 11.0. The van der Waals surface area contributed by atoms with E-state index in [1.54, 1.807) is 0 Å². The van der Waals surface area contributed by atoms with E-state index in [-0.39, 0.29) is 0 Å². The van der Waals surface area contributed by atoms with Gasteiger partial charge in [0.25, 0.3) is 0 Å². The smallest absolute Gasteiger partial charge is 0.181 e. The monoisotopic (exact) mass is 318 g/mol. The standard InChI is InChI=1S/C22H40N/c1-3-5-6-7-8-9-10-11-12-13-14-15-17-20-23-21-18-16-19-22(23)4-2/h16,18-19,21H,3-15,17,20H2,1-2H3/q+1. The van der Waals surface area contributed by atoms with Crippen LogP contribution in [0.2, 0.25) is 0 Å². The van der Waals surface area contributed by atoms with Crippen molar-refractivity contribution in [3.63, 3.8) is 0 Å². The molecule has 1 rings (SSSR count). The molecule has 1 aromatic rings. The highest BCUT2D eigenvalue weighted by atomic mass is 14.9. The third kappa shape index (κ3) is 10.5. The maximum Gasteiger partial charge on any atom is 0.181 e. The van der Waals surface area contributed by atoms with Gasteiger partial charge in [-0.3, -0.25) is 0 Å². The fourth-order valence-electron chi connectivity index (χ4n) is 3.35. The predicted octanol–water partition coefficient (Wildman–Crippen LogP) is 6.63. The molecule has 132 valence electrons. The Morgan fingerprint density at radius 1 is 0.652 bits per heavy atom. The van der Waals surface area contributed by atoms with Gasteiger partial charge in [-0.15, -0.1) is 0 Å². The number of aryl methyl sites for hydroxylation is 2. The Bertz CT molecular complexity index is 372. The largest absolute Gasteiger partial charge is 0.202 e. The second-order valence-electron chi connectivity index (χ2n) is 6.98. The highest BCUT2D eigenvalue weighted by Gasteiger charge is 2.05. The molecule has 0 aliphatic carbocycles. The maximum absolute atomic E-state index is 2.43. The lowest BCUT2D eigenvalue weighted by Gasteiger charge is -2.03. The SMILES string of the molecule is CCCCCCCCCCCCCCC[n+]1ccccc1CC. The van der Waals surface area contributed by atoms with E-state index < -0.39 is 0 Å². The van der Waals surface area contributed by atoms with E-state index in [1.807, 2.05) is 0 Å². The molecule has 0 amide bonds. The molecule has 0 spiro atoms. The predicted molar refractivity (Wildman–Crippen MR) is 102 cm³/mol. The minimum atomic E-state index is 1.14. The molecule has 1 nitrogen and oxygen atoms in total. The summed E-state index contributed by atoms with van der Waals surface area (Å²) in [6.07, 6.45) is 22.0. The van der Waals surface area contributed by atoms with Crippen molar-refractivity contribution in [2.24, 2.45) is 0 Å². The van der Waals surface area contributed by atoms with Gasteiger partial charge in [-0.05, 0) is 6.42 Å². The van der Waals surface area contributed by atoms with Gasteiger partial charge in [0.2, 0.25) is 0 Å². The molecule has 0 aliphatic rings. The van der Waals surface area contributed by atoms with E-state index in [2.05, 4.69) is 42.8 Å². The zero-order chi connectivity index (χ0) is 16.6. The fourth-order valence-corrected chi connectivity index (χ4v) is 3.35. The van der Waals surface area contributed by atoms with Gasteiger partial charge in [0.15, 0.2) is 11.9 Å². The molecule has 1 heteroatoms. The molecule has 1 heterocycles. The summed E-state index contributed by atoms with van der Waals surface area (Å²) in [4.78, 5) is 0. The third-order valence-electron chi connectivity index (χ3n) is 4.90. The fraction of sp³-hybridized carbons (Fsp3) is 0.773. The van der Waals surface area contributed by atoms with Crippen molar-refractivity contribution < 1.29 is 4.57 Å². The lowest BCUT2D eigenvalue weighted by molar-refractivity contribution is -0.704. The summed E-state index contributed by atoms with van der Waals surface area (Å²) >= 11 is 0. The molecular weight excluding hydrogens is 278 g/mol. The van der Waals surface area contributed by atoms with Gasteiger partial charge >= 0.3 is 0 Å². The number of unbranched alkanes of at least 4 members (excludes halogenated alkanes) is 12. The number of nitrogens with zero attached hydrogens (tertiary/aromatic N) is 1. The molecule has 0 atom stereocenters. The van der Waals surface area contributed by atoms with Crippen molar-refractivity contribution >= 4 is 0 Å². The van der Waals surface area contributed by atoms with Crippen molar-refractivity contribution in [3.8, 4) is 0 Å². The number of hydrogen-bond donors (Lipinski definition) is 0. The summed E-state index contributed by atoms with van der Waals surface area (Å²) in [5, 5.41) is 0. The second-order valence-corrected chi connectivity index (χ2v) is 6.98. The molecule has 1 aromatic heterocycles. The summed E-state index contributed by atoms with van der Waals surface area (Å²) in [7, 11) is 0. The zero-order valence-corrected chi connectivity index (χ0v) is 15.9. The Morgan fingerprint density at radius 3 is 1.70 bits per heavy atom. The Balaban J connectivity index is 1.86. The number of hydrogen-bond acceptors (Lipinski definition) is 0. The average molecular weight is 319 g/mol. The van der Waals surface area contributed by atoms with Gasteiger partial charge in [0.05, 0.1) is 0 Å². The molecule has 0 aromatic carbocycles. The van der Waals surface area contributed by atoms with Crippen LogP contribution in [0.15, 0.2) is 24.4 Å². The highest BCUT2D eigenvalue weighted by Crippen LogP contribution is 2.12. The van der Waals surface area contributed by atoms with Gasteiger partial charge in [0, 0.05) is 25.0 Å². The van der Waals surface area contributed by atoms with Crippen molar-refractivity contribution in [2.45, 2.75) is 110 Å². The highest BCUT2D eigenvalue weighted by molar-refractivity contribution is 4.96. The van der Waals surface area contributed by atoms with E-state index in [0.29, 0.717) is 0 Å². The lowest BCUT2D eigenvalue weighted by Crippen LogP contribution is -2.37. The minimum Gasteiger partial charge on any atom is -0.202 e. The van der Waals surface area contributed by atoms with Gasteiger partial charge in [-0.25, -0.2) is 4.57 Å². The van der Waals surface area contributed by atoms with Gasteiger partial charge in [0.1, 0.15) is 6.54 Å². The summed E-state index contributed by atoms with van der Waals surface area (Å²) in [6, 6.07) is 6.56. The first-order valence-electron chi connectivity index (χ1n) is 10.4. The zero-order valence-electron chi connectivity index (χ0n) is 15.9. The lowest BCUT2D eigenvalue weighted by atomic mass is 10.0. The summed E-state index contributed by atoms with van der Waals surface area (Å²) in [5.41, 5.74) is 1.46. The Kier molecular flexibility index (Phi) is 12.9. The topological polar surface area (TPSA) is 3.88 Å². The van der Waals surface area contributed by atoms with Crippen LogP contribution in [0.1, 0.15) is 103 Å². The van der Waals surface area contributed by atoms with E-state index in [1.165, 1.54) is 95.7 Å². The molecule has 0 radical (unpaired) electrons. The van der Waals surface area contributed by atoms with Crippen LogP contribution in [0, 0.1) is 0 Å². The summed E-state index contributed by atoms with van der Waals surface area (Å²) in [5.74, 6) is 0. The van der Waals surface area contributed by atoms with Crippen LogP contribution < -0.4 is 4.57 Å². The van der Waals surface area contributed by atoms with E-state index in [4.69, 9.17) is 0 Å². The molecule has 0 fully saturated rings. The average Bonchev–Trinajstić information content (AvgIpc) is 2.59. The summed E-state index contributed by atoms with van der Waals surface area (Å²) < 4.78 is 2.43. The Labute approximate surface area is 145 Å². The molecule has 0 saturated heterocycles. The van der Waals surface area contributed by atoms with Crippen LogP contribution in [0.25, 0.3) is 0 Å². The van der Waals surface area contributed by atoms with E-state index >= 15 is 0 Å². The van der Waals surface area contributed by atoms with Crippen molar-refractivity contribution in [2.75, 3.05) is 0 Å². The molecule has 0 aliphatic heterocycles. The first-order chi connectivity index (χ1) is 11.4. The quantitative estimate of drug-likeness (QED) is 0.252. The van der Waals surface area contributed by atoms with Crippen LogP contribution in [0.5, 0.6) is 0 Å². The van der Waals surface area contributed by atoms with Crippen LogP contribution in [0.3, 0.4) is 0 Å². The van der Waals surface area contributed by atoms with Crippen molar-refractivity contribution in [1.82, 2.24) is 0 Å². The van der Waals surface area contributed by atoms with Crippen LogP contribution in [0.4, 0.5) is 0 Å². The van der Waals surface area contributed by atoms with E-state index in [0.717, 1.165) is 6.42 Å². The second kappa shape index (κ2) is 14.7. The van der Waals surface area contributed by atoms with Crippen LogP contribution in [-0.2, 0) is 13.0 Å². The number of rotatable bonds is 15. The molecule has 0 saturated carbocycles. The first kappa shape index (κ1) is 20.2. The molecule has 23 heavy (non-hydrogen) atoms.